The van der Waals surface area contributed by atoms with E-state index in [1.807, 2.05) is 6.07 Å². The van der Waals surface area contributed by atoms with Crippen molar-refractivity contribution in [3.05, 3.63) is 69.7 Å². The van der Waals surface area contributed by atoms with Crippen LogP contribution >= 0.6 is 11.6 Å². The van der Waals surface area contributed by atoms with Gasteiger partial charge in [0, 0.05) is 17.5 Å². The van der Waals surface area contributed by atoms with E-state index in [9.17, 15) is 0 Å². The van der Waals surface area contributed by atoms with Gasteiger partial charge < -0.3 is 5.32 Å². The summed E-state index contributed by atoms with van der Waals surface area (Å²) in [5, 5.41) is 4.39. The van der Waals surface area contributed by atoms with Gasteiger partial charge in [-0.25, -0.2) is 0 Å². The maximum Gasteiger partial charge on any atom is 0.0408 e. The summed E-state index contributed by atoms with van der Waals surface area (Å²) >= 11 is 6.12. The van der Waals surface area contributed by atoms with Crippen molar-refractivity contribution >= 4 is 11.6 Å². The molecule has 1 aliphatic rings. The van der Waals surface area contributed by atoms with Crippen LogP contribution in [0.4, 0.5) is 0 Å². The number of rotatable bonds is 2. The summed E-state index contributed by atoms with van der Waals surface area (Å²) in [5.74, 6) is 1.11. The maximum absolute atomic E-state index is 6.12. The zero-order chi connectivity index (χ0) is 14.8. The molecule has 0 radical (unpaired) electrons. The van der Waals surface area contributed by atoms with Crippen LogP contribution < -0.4 is 5.32 Å². The first kappa shape index (κ1) is 14.6. The van der Waals surface area contributed by atoms with Crippen LogP contribution in [0.1, 0.15) is 40.5 Å². The molecule has 2 atom stereocenters. The minimum Gasteiger partial charge on any atom is -0.316 e. The fraction of sp³-hybridized carbons (Fsp3) is 0.368. The van der Waals surface area contributed by atoms with Gasteiger partial charge in [0.15, 0.2) is 0 Å². The standard InChI is InChI=1S/C19H22ClN/c1-13-4-3-5-15(10-13)19-12-21-9-8-18(19)17-7-6-16(20)11-14(17)2/h3-7,10-11,18-19,21H,8-9,12H2,1-2H3. The maximum atomic E-state index is 6.12. The predicted octanol–water partition coefficient (Wildman–Crippen LogP) is 4.82. The normalized spacial score (nSPS) is 22.2. The number of hydrogen-bond donors (Lipinski definition) is 1. The van der Waals surface area contributed by atoms with Crippen LogP contribution in [-0.4, -0.2) is 13.1 Å². The molecule has 21 heavy (non-hydrogen) atoms. The van der Waals surface area contributed by atoms with E-state index >= 15 is 0 Å². The smallest absolute Gasteiger partial charge is 0.0408 e. The van der Waals surface area contributed by atoms with Crippen LogP contribution in [-0.2, 0) is 0 Å². The Bertz CT molecular complexity index is 635. The van der Waals surface area contributed by atoms with Gasteiger partial charge >= 0.3 is 0 Å². The topological polar surface area (TPSA) is 12.0 Å². The second-order valence-electron chi connectivity index (χ2n) is 6.12. The summed E-state index contributed by atoms with van der Waals surface area (Å²) in [7, 11) is 0. The fourth-order valence-electron chi connectivity index (χ4n) is 3.54. The molecule has 0 bridgehead atoms. The molecule has 2 heteroatoms. The van der Waals surface area contributed by atoms with Crippen LogP contribution in [0.2, 0.25) is 5.02 Å². The van der Waals surface area contributed by atoms with Gasteiger partial charge in [0.2, 0.25) is 0 Å². The minimum atomic E-state index is 0.540. The van der Waals surface area contributed by atoms with Crippen LogP contribution in [0, 0.1) is 13.8 Å². The highest BCUT2D eigenvalue weighted by Crippen LogP contribution is 2.39. The Morgan fingerprint density at radius 3 is 2.67 bits per heavy atom. The molecule has 0 spiro atoms. The first-order valence-electron chi connectivity index (χ1n) is 7.68. The molecular weight excluding hydrogens is 278 g/mol. The van der Waals surface area contributed by atoms with Crippen LogP contribution in [0.25, 0.3) is 0 Å². The average Bonchev–Trinajstić information content (AvgIpc) is 2.47. The van der Waals surface area contributed by atoms with Crippen molar-refractivity contribution in [3.63, 3.8) is 0 Å². The summed E-state index contributed by atoms with van der Waals surface area (Å²) in [5.41, 5.74) is 5.55. The Labute approximate surface area is 132 Å². The van der Waals surface area contributed by atoms with Crippen molar-refractivity contribution in [2.75, 3.05) is 13.1 Å². The molecule has 0 aromatic heterocycles. The summed E-state index contributed by atoms with van der Waals surface area (Å²) in [6.07, 6.45) is 1.18. The van der Waals surface area contributed by atoms with Gasteiger partial charge in [-0.3, -0.25) is 0 Å². The number of piperidine rings is 1. The van der Waals surface area contributed by atoms with E-state index in [1.165, 1.54) is 28.7 Å². The SMILES string of the molecule is Cc1cccc(C2CNCCC2c2ccc(Cl)cc2C)c1. The number of benzene rings is 2. The third-order valence-corrected chi connectivity index (χ3v) is 4.82. The molecule has 2 aromatic carbocycles. The molecule has 1 heterocycles. The molecule has 3 rings (SSSR count). The molecule has 1 saturated heterocycles. The van der Waals surface area contributed by atoms with Crippen LogP contribution in [0.5, 0.6) is 0 Å². The van der Waals surface area contributed by atoms with Gasteiger partial charge in [-0.2, -0.15) is 0 Å². The zero-order valence-electron chi connectivity index (χ0n) is 12.7. The van der Waals surface area contributed by atoms with Crippen LogP contribution in [0.3, 0.4) is 0 Å². The Kier molecular flexibility index (Phi) is 4.32. The van der Waals surface area contributed by atoms with Gasteiger partial charge in [0.1, 0.15) is 0 Å². The Hall–Kier alpha value is -1.31. The second kappa shape index (κ2) is 6.21. The van der Waals surface area contributed by atoms with Crippen molar-refractivity contribution in [1.82, 2.24) is 5.32 Å². The molecule has 0 aliphatic carbocycles. The Balaban J connectivity index is 1.98. The molecular formula is C19H22ClN. The second-order valence-corrected chi connectivity index (χ2v) is 6.56. The van der Waals surface area contributed by atoms with E-state index in [2.05, 4.69) is 55.6 Å². The molecule has 2 unspecified atom stereocenters. The summed E-state index contributed by atoms with van der Waals surface area (Å²) < 4.78 is 0. The molecule has 1 N–H and O–H groups in total. The van der Waals surface area contributed by atoms with Gasteiger partial charge in [-0.05, 0) is 61.6 Å². The fourth-order valence-corrected chi connectivity index (χ4v) is 3.76. The van der Waals surface area contributed by atoms with E-state index < -0.39 is 0 Å². The summed E-state index contributed by atoms with van der Waals surface area (Å²) in [6, 6.07) is 15.3. The third kappa shape index (κ3) is 3.14. The molecule has 110 valence electrons. The lowest BCUT2D eigenvalue weighted by Crippen LogP contribution is -2.34. The van der Waals surface area contributed by atoms with E-state index in [0.717, 1.165) is 18.1 Å². The highest BCUT2D eigenvalue weighted by atomic mass is 35.5. The number of aryl methyl sites for hydroxylation is 2. The monoisotopic (exact) mass is 299 g/mol. The van der Waals surface area contributed by atoms with Gasteiger partial charge in [-0.15, -0.1) is 0 Å². The molecule has 1 fully saturated rings. The van der Waals surface area contributed by atoms with Crippen molar-refractivity contribution in [3.8, 4) is 0 Å². The molecule has 0 amide bonds. The molecule has 2 aromatic rings. The number of hydrogen-bond acceptors (Lipinski definition) is 1. The predicted molar refractivity (Wildman–Crippen MR) is 90.3 cm³/mol. The van der Waals surface area contributed by atoms with Gasteiger partial charge in [0.25, 0.3) is 0 Å². The lowest BCUT2D eigenvalue weighted by Gasteiger charge is -2.34. The lowest BCUT2D eigenvalue weighted by molar-refractivity contribution is 0.403. The van der Waals surface area contributed by atoms with Gasteiger partial charge in [-0.1, -0.05) is 47.5 Å². The highest BCUT2D eigenvalue weighted by Gasteiger charge is 2.28. The van der Waals surface area contributed by atoms with Crippen molar-refractivity contribution in [2.24, 2.45) is 0 Å². The van der Waals surface area contributed by atoms with Gasteiger partial charge in [0.05, 0.1) is 0 Å². The quantitative estimate of drug-likeness (QED) is 0.838. The lowest BCUT2D eigenvalue weighted by atomic mass is 9.76. The minimum absolute atomic E-state index is 0.540. The van der Waals surface area contributed by atoms with E-state index in [4.69, 9.17) is 11.6 Å². The summed E-state index contributed by atoms with van der Waals surface area (Å²) in [6.45, 7) is 6.49. The van der Waals surface area contributed by atoms with Crippen molar-refractivity contribution in [1.29, 1.82) is 0 Å². The zero-order valence-corrected chi connectivity index (χ0v) is 13.5. The van der Waals surface area contributed by atoms with Crippen molar-refractivity contribution in [2.45, 2.75) is 32.1 Å². The third-order valence-electron chi connectivity index (χ3n) is 4.58. The summed E-state index contributed by atoms with van der Waals surface area (Å²) in [4.78, 5) is 0. The number of nitrogens with one attached hydrogen (secondary N) is 1. The van der Waals surface area contributed by atoms with E-state index in [1.54, 1.807) is 0 Å². The first-order valence-corrected chi connectivity index (χ1v) is 8.06. The number of halogens is 1. The van der Waals surface area contributed by atoms with Crippen molar-refractivity contribution < 1.29 is 0 Å². The Morgan fingerprint density at radius 1 is 1.05 bits per heavy atom. The molecule has 0 saturated carbocycles. The van der Waals surface area contributed by atoms with E-state index in [0.29, 0.717) is 11.8 Å². The molecule has 1 aliphatic heterocycles. The Morgan fingerprint density at radius 2 is 1.90 bits per heavy atom. The largest absolute Gasteiger partial charge is 0.316 e. The van der Waals surface area contributed by atoms with Crippen LogP contribution in [0.15, 0.2) is 42.5 Å². The molecule has 1 nitrogen and oxygen atoms in total. The van der Waals surface area contributed by atoms with E-state index in [-0.39, 0.29) is 0 Å². The average molecular weight is 300 g/mol. The highest BCUT2D eigenvalue weighted by molar-refractivity contribution is 6.30. The first-order chi connectivity index (χ1) is 10.1.